The molecule has 0 aliphatic rings. The molecule has 2 aromatic heterocycles. The minimum Gasteiger partial charge on any atom is -0.326 e. The molecule has 0 aliphatic heterocycles. The van der Waals surface area contributed by atoms with Crippen molar-refractivity contribution >= 4 is 29.6 Å². The lowest BCUT2D eigenvalue weighted by molar-refractivity contribution is -0.116. The average Bonchev–Trinajstić information content (AvgIpc) is 2.92. The number of nitrogens with zero attached hydrogens (tertiary/aromatic N) is 3. The van der Waals surface area contributed by atoms with Crippen molar-refractivity contribution in [3.8, 4) is 0 Å². The molecule has 1 aromatic carbocycles. The Labute approximate surface area is 157 Å². The molecule has 0 bridgehead atoms. The van der Waals surface area contributed by atoms with Gasteiger partial charge in [-0.1, -0.05) is 18.2 Å². The molecule has 0 atom stereocenters. The molecule has 2 N–H and O–H groups in total. The van der Waals surface area contributed by atoms with E-state index in [1.807, 2.05) is 37.4 Å². The topological polar surface area (TPSA) is 80.4 Å². The van der Waals surface area contributed by atoms with Crippen LogP contribution < -0.4 is 16.3 Å². The van der Waals surface area contributed by atoms with Crippen LogP contribution in [0.3, 0.4) is 0 Å². The second kappa shape index (κ2) is 9.17. The number of benzene rings is 1. The number of aromatic nitrogens is 3. The molecular formula is C18H22ClN5O2. The zero-order valence-electron chi connectivity index (χ0n) is 14.5. The van der Waals surface area contributed by atoms with E-state index in [0.29, 0.717) is 18.6 Å². The first-order valence-electron chi connectivity index (χ1n) is 8.25. The van der Waals surface area contributed by atoms with Gasteiger partial charge in [-0.15, -0.1) is 17.5 Å². The van der Waals surface area contributed by atoms with Crippen molar-refractivity contribution in [1.29, 1.82) is 0 Å². The van der Waals surface area contributed by atoms with Gasteiger partial charge in [0, 0.05) is 18.3 Å². The maximum Gasteiger partial charge on any atom is 0.350 e. The van der Waals surface area contributed by atoms with Crippen molar-refractivity contribution in [3.05, 3.63) is 64.7 Å². The lowest BCUT2D eigenvalue weighted by Crippen LogP contribution is -2.21. The summed E-state index contributed by atoms with van der Waals surface area (Å²) in [4.78, 5) is 24.2. The van der Waals surface area contributed by atoms with Crippen LogP contribution in [0.2, 0.25) is 0 Å². The largest absolute Gasteiger partial charge is 0.350 e. The number of amides is 1. The van der Waals surface area contributed by atoms with Gasteiger partial charge in [-0.2, -0.15) is 0 Å². The highest BCUT2D eigenvalue weighted by atomic mass is 35.5. The summed E-state index contributed by atoms with van der Waals surface area (Å²) in [5.74, 6) is -0.0164. The Morgan fingerprint density at radius 2 is 2.04 bits per heavy atom. The SMILES string of the molecule is CNCCCC(=O)Nc1cccc(Cn2nc3ccccn3c2=O)c1.Cl. The summed E-state index contributed by atoms with van der Waals surface area (Å²) in [5.41, 5.74) is 2.06. The van der Waals surface area contributed by atoms with Crippen molar-refractivity contribution in [3.63, 3.8) is 0 Å². The van der Waals surface area contributed by atoms with Gasteiger partial charge in [-0.05, 0) is 49.8 Å². The maximum absolute atomic E-state index is 12.3. The third-order valence-electron chi connectivity index (χ3n) is 3.86. The zero-order valence-corrected chi connectivity index (χ0v) is 15.3. The Morgan fingerprint density at radius 1 is 1.19 bits per heavy atom. The molecule has 0 fully saturated rings. The van der Waals surface area contributed by atoms with Gasteiger partial charge >= 0.3 is 5.69 Å². The molecule has 0 saturated carbocycles. The number of anilines is 1. The number of fused-ring (bicyclic) bond motifs is 1. The normalized spacial score (nSPS) is 10.5. The standard InChI is InChI=1S/C18H21N5O2.ClH/c1-19-10-5-9-17(24)20-15-7-4-6-14(12-15)13-23-18(25)22-11-3-2-8-16(22)21-23;/h2-4,6-8,11-12,19H,5,9-10,13H2,1H3,(H,20,24);1H. The second-order valence-corrected chi connectivity index (χ2v) is 5.82. The van der Waals surface area contributed by atoms with E-state index in [1.54, 1.807) is 18.3 Å². The van der Waals surface area contributed by atoms with Crippen LogP contribution in [0.1, 0.15) is 18.4 Å². The quantitative estimate of drug-likeness (QED) is 0.618. The van der Waals surface area contributed by atoms with E-state index in [-0.39, 0.29) is 24.0 Å². The van der Waals surface area contributed by atoms with Gasteiger partial charge in [0.1, 0.15) is 0 Å². The maximum atomic E-state index is 12.3. The number of hydrogen-bond acceptors (Lipinski definition) is 4. The van der Waals surface area contributed by atoms with Crippen LogP contribution in [-0.4, -0.2) is 33.7 Å². The fourth-order valence-corrected chi connectivity index (χ4v) is 2.64. The molecule has 7 nitrogen and oxygen atoms in total. The van der Waals surface area contributed by atoms with E-state index in [0.717, 1.165) is 24.2 Å². The fraction of sp³-hybridized carbons (Fsp3) is 0.278. The van der Waals surface area contributed by atoms with Gasteiger partial charge in [0.05, 0.1) is 6.54 Å². The highest BCUT2D eigenvalue weighted by molar-refractivity contribution is 5.90. The number of carbonyl (C=O) groups is 1. The number of halogens is 1. The summed E-state index contributed by atoms with van der Waals surface area (Å²) >= 11 is 0. The molecule has 0 radical (unpaired) electrons. The minimum atomic E-state index is -0.183. The van der Waals surface area contributed by atoms with Gasteiger partial charge in [-0.25, -0.2) is 9.48 Å². The molecule has 0 saturated heterocycles. The molecule has 8 heteroatoms. The number of carbonyl (C=O) groups excluding carboxylic acids is 1. The number of nitrogens with one attached hydrogen (secondary N) is 2. The Kier molecular flexibility index (Phi) is 6.94. The van der Waals surface area contributed by atoms with Crippen molar-refractivity contribution in [2.45, 2.75) is 19.4 Å². The van der Waals surface area contributed by atoms with E-state index < -0.39 is 0 Å². The third kappa shape index (κ3) is 4.71. The summed E-state index contributed by atoms with van der Waals surface area (Å²) in [6.45, 7) is 1.16. The van der Waals surface area contributed by atoms with E-state index in [4.69, 9.17) is 0 Å². The monoisotopic (exact) mass is 375 g/mol. The first kappa shape index (κ1) is 19.7. The van der Waals surface area contributed by atoms with E-state index >= 15 is 0 Å². The van der Waals surface area contributed by atoms with Crippen LogP contribution in [0, 0.1) is 0 Å². The summed E-state index contributed by atoms with van der Waals surface area (Å²) < 4.78 is 2.93. The minimum absolute atomic E-state index is 0. The number of rotatable bonds is 7. The third-order valence-corrected chi connectivity index (χ3v) is 3.86. The Balaban J connectivity index is 0.00000243. The van der Waals surface area contributed by atoms with Crippen molar-refractivity contribution < 1.29 is 4.79 Å². The summed E-state index contributed by atoms with van der Waals surface area (Å²) in [5, 5.41) is 10.2. The van der Waals surface area contributed by atoms with E-state index in [2.05, 4.69) is 15.7 Å². The molecule has 3 aromatic rings. The molecule has 0 spiro atoms. The first-order valence-corrected chi connectivity index (χ1v) is 8.25. The molecule has 1 amide bonds. The predicted molar refractivity (Wildman–Crippen MR) is 104 cm³/mol. The summed E-state index contributed by atoms with van der Waals surface area (Å²) in [6, 6.07) is 12.9. The highest BCUT2D eigenvalue weighted by Gasteiger charge is 2.08. The van der Waals surface area contributed by atoms with Crippen molar-refractivity contribution in [2.75, 3.05) is 18.9 Å². The Hall–Kier alpha value is -2.64. The molecule has 0 aliphatic carbocycles. The van der Waals surface area contributed by atoms with Crippen LogP contribution in [0.15, 0.2) is 53.5 Å². The van der Waals surface area contributed by atoms with Crippen LogP contribution in [0.25, 0.3) is 5.65 Å². The van der Waals surface area contributed by atoms with Crippen molar-refractivity contribution in [1.82, 2.24) is 19.5 Å². The van der Waals surface area contributed by atoms with Gasteiger partial charge in [-0.3, -0.25) is 9.20 Å². The summed E-state index contributed by atoms with van der Waals surface area (Å²) in [7, 11) is 1.86. The molecule has 3 rings (SSSR count). The van der Waals surface area contributed by atoms with Crippen molar-refractivity contribution in [2.24, 2.45) is 0 Å². The fourth-order valence-electron chi connectivity index (χ4n) is 2.64. The van der Waals surface area contributed by atoms with Crippen LogP contribution in [0.4, 0.5) is 5.69 Å². The lowest BCUT2D eigenvalue weighted by Gasteiger charge is -2.07. The van der Waals surface area contributed by atoms with Gasteiger partial charge in [0.25, 0.3) is 0 Å². The molecule has 2 heterocycles. The molecular weight excluding hydrogens is 354 g/mol. The average molecular weight is 376 g/mol. The molecule has 26 heavy (non-hydrogen) atoms. The Morgan fingerprint density at radius 3 is 2.81 bits per heavy atom. The highest BCUT2D eigenvalue weighted by Crippen LogP contribution is 2.12. The van der Waals surface area contributed by atoms with Gasteiger partial charge in [0.15, 0.2) is 5.65 Å². The lowest BCUT2D eigenvalue weighted by atomic mass is 10.2. The predicted octanol–water partition coefficient (Wildman–Crippen LogP) is 1.90. The van der Waals surface area contributed by atoms with E-state index in [1.165, 1.54) is 9.08 Å². The van der Waals surface area contributed by atoms with Crippen LogP contribution >= 0.6 is 12.4 Å². The van der Waals surface area contributed by atoms with Crippen LogP contribution in [0.5, 0.6) is 0 Å². The zero-order chi connectivity index (χ0) is 17.6. The Bertz CT molecular complexity index is 934. The van der Waals surface area contributed by atoms with Gasteiger partial charge in [0.2, 0.25) is 5.91 Å². The molecule has 138 valence electrons. The number of hydrogen-bond donors (Lipinski definition) is 2. The van der Waals surface area contributed by atoms with E-state index in [9.17, 15) is 9.59 Å². The van der Waals surface area contributed by atoms with Gasteiger partial charge < -0.3 is 10.6 Å². The van der Waals surface area contributed by atoms with Crippen LogP contribution in [-0.2, 0) is 11.3 Å². The molecule has 0 unspecified atom stereocenters. The summed E-state index contributed by atoms with van der Waals surface area (Å²) in [6.07, 6.45) is 2.96. The second-order valence-electron chi connectivity index (χ2n) is 5.82. The number of pyridine rings is 1. The smallest absolute Gasteiger partial charge is 0.326 e. The first-order chi connectivity index (χ1) is 12.2.